The third-order valence-corrected chi connectivity index (χ3v) is 6.92. The van der Waals surface area contributed by atoms with Crippen molar-refractivity contribution < 1.29 is 9.31 Å². The first kappa shape index (κ1) is 14.3. The summed E-state index contributed by atoms with van der Waals surface area (Å²) < 4.78 is 13.6. The second-order valence-electron chi connectivity index (χ2n) is 7.66. The molecule has 1 aromatic heterocycles. The van der Waals surface area contributed by atoms with Crippen molar-refractivity contribution in [1.82, 2.24) is 4.90 Å². The van der Waals surface area contributed by atoms with Gasteiger partial charge in [-0.3, -0.25) is 4.90 Å². The Labute approximate surface area is 131 Å². The smallest absolute Gasteiger partial charge is 0.399 e. The van der Waals surface area contributed by atoms with Gasteiger partial charge in [-0.1, -0.05) is 0 Å². The standard InChI is InChI=1S/C16H24BNO2S/c1-15(2)16(3,4)20-17(19-15)14-8-11-10-18-7-5-6-12(18)9-13(11)21-14/h8,12H,5-7,9-10H2,1-4H3/t12-/m0/s1. The molecule has 4 rings (SSSR count). The minimum atomic E-state index is -0.248. The first-order chi connectivity index (χ1) is 9.86. The van der Waals surface area contributed by atoms with E-state index in [2.05, 4.69) is 38.7 Å². The molecule has 0 radical (unpaired) electrons. The van der Waals surface area contributed by atoms with Gasteiger partial charge in [0.05, 0.1) is 11.2 Å². The Morgan fingerprint density at radius 1 is 1.24 bits per heavy atom. The van der Waals surface area contributed by atoms with E-state index in [1.807, 2.05) is 11.3 Å². The van der Waals surface area contributed by atoms with Crippen molar-refractivity contribution in [2.24, 2.45) is 0 Å². The average molecular weight is 305 g/mol. The van der Waals surface area contributed by atoms with Crippen LogP contribution in [0.1, 0.15) is 51.0 Å². The Balaban J connectivity index is 1.59. The van der Waals surface area contributed by atoms with Crippen molar-refractivity contribution >= 4 is 23.2 Å². The topological polar surface area (TPSA) is 21.7 Å². The van der Waals surface area contributed by atoms with Gasteiger partial charge in [-0.05, 0) is 65.1 Å². The molecule has 3 aliphatic rings. The van der Waals surface area contributed by atoms with E-state index in [4.69, 9.17) is 9.31 Å². The second-order valence-corrected chi connectivity index (χ2v) is 8.82. The molecule has 114 valence electrons. The van der Waals surface area contributed by atoms with Crippen LogP contribution in [0.5, 0.6) is 0 Å². The van der Waals surface area contributed by atoms with E-state index in [1.165, 1.54) is 36.1 Å². The minimum absolute atomic E-state index is 0.194. The highest BCUT2D eigenvalue weighted by atomic mass is 32.1. The molecular weight excluding hydrogens is 281 g/mol. The molecule has 0 amide bonds. The summed E-state index contributed by atoms with van der Waals surface area (Å²) in [4.78, 5) is 4.20. The summed E-state index contributed by atoms with van der Waals surface area (Å²) >= 11 is 1.91. The van der Waals surface area contributed by atoms with E-state index in [0.29, 0.717) is 0 Å². The predicted octanol–water partition coefficient (Wildman–Crippen LogP) is 2.57. The average Bonchev–Trinajstić information content (AvgIpc) is 3.02. The van der Waals surface area contributed by atoms with Gasteiger partial charge in [-0.25, -0.2) is 0 Å². The number of hydrogen-bond acceptors (Lipinski definition) is 4. The summed E-state index contributed by atoms with van der Waals surface area (Å²) in [6.45, 7) is 10.9. The number of rotatable bonds is 1. The van der Waals surface area contributed by atoms with Crippen LogP contribution in [0, 0.1) is 0 Å². The fourth-order valence-electron chi connectivity index (χ4n) is 3.64. The first-order valence-corrected chi connectivity index (χ1v) is 8.88. The molecule has 2 fully saturated rings. The van der Waals surface area contributed by atoms with Gasteiger partial charge in [0.1, 0.15) is 0 Å². The van der Waals surface area contributed by atoms with Crippen molar-refractivity contribution in [3.8, 4) is 0 Å². The van der Waals surface area contributed by atoms with Crippen LogP contribution >= 0.6 is 11.3 Å². The van der Waals surface area contributed by atoms with E-state index in [0.717, 1.165) is 12.6 Å². The molecule has 4 heterocycles. The van der Waals surface area contributed by atoms with Crippen molar-refractivity contribution in [2.75, 3.05) is 6.54 Å². The molecular formula is C16H24BNO2S. The highest BCUT2D eigenvalue weighted by Gasteiger charge is 2.52. The minimum Gasteiger partial charge on any atom is -0.399 e. The van der Waals surface area contributed by atoms with Gasteiger partial charge < -0.3 is 9.31 Å². The van der Waals surface area contributed by atoms with Crippen molar-refractivity contribution in [2.45, 2.75) is 70.7 Å². The second kappa shape index (κ2) is 4.57. The Kier molecular flexibility index (Phi) is 3.10. The van der Waals surface area contributed by atoms with Gasteiger partial charge in [-0.2, -0.15) is 0 Å². The van der Waals surface area contributed by atoms with E-state index in [9.17, 15) is 0 Å². The maximum atomic E-state index is 6.20. The predicted molar refractivity (Wildman–Crippen MR) is 87.2 cm³/mol. The van der Waals surface area contributed by atoms with Crippen LogP contribution in [-0.2, 0) is 22.3 Å². The Morgan fingerprint density at radius 2 is 1.95 bits per heavy atom. The third kappa shape index (κ3) is 2.21. The van der Waals surface area contributed by atoms with E-state index < -0.39 is 0 Å². The lowest BCUT2D eigenvalue weighted by Crippen LogP contribution is -2.41. The van der Waals surface area contributed by atoms with E-state index >= 15 is 0 Å². The van der Waals surface area contributed by atoms with Gasteiger partial charge in [-0.15, -0.1) is 11.3 Å². The zero-order chi connectivity index (χ0) is 14.8. The maximum absolute atomic E-state index is 6.20. The van der Waals surface area contributed by atoms with Crippen molar-refractivity contribution in [1.29, 1.82) is 0 Å². The third-order valence-electron chi connectivity index (χ3n) is 5.69. The van der Waals surface area contributed by atoms with Gasteiger partial charge in [0.15, 0.2) is 0 Å². The molecule has 0 saturated carbocycles. The zero-order valence-corrected chi connectivity index (χ0v) is 14.3. The molecule has 5 heteroatoms. The molecule has 1 atom stereocenters. The normalized spacial score (nSPS) is 30.5. The molecule has 3 nitrogen and oxygen atoms in total. The summed E-state index contributed by atoms with van der Waals surface area (Å²) in [5, 5.41) is 0. The summed E-state index contributed by atoms with van der Waals surface area (Å²) in [7, 11) is -0.194. The number of hydrogen-bond donors (Lipinski definition) is 0. The Hall–Kier alpha value is -0.355. The highest BCUT2D eigenvalue weighted by Crippen LogP contribution is 2.38. The number of fused-ring (bicyclic) bond motifs is 2. The van der Waals surface area contributed by atoms with Crippen molar-refractivity contribution in [3.05, 3.63) is 16.5 Å². The lowest BCUT2D eigenvalue weighted by Gasteiger charge is -2.32. The lowest BCUT2D eigenvalue weighted by atomic mass is 9.87. The number of nitrogens with zero attached hydrogens (tertiary/aromatic N) is 1. The monoisotopic (exact) mass is 305 g/mol. The molecule has 0 unspecified atom stereocenters. The van der Waals surface area contributed by atoms with Crippen LogP contribution in [0.15, 0.2) is 6.07 Å². The Bertz CT molecular complexity index is 523. The largest absolute Gasteiger partial charge is 0.505 e. The molecule has 2 saturated heterocycles. The summed E-state index contributed by atoms with van der Waals surface area (Å²) in [6, 6.07) is 3.11. The molecule has 0 spiro atoms. The maximum Gasteiger partial charge on any atom is 0.505 e. The molecule has 21 heavy (non-hydrogen) atoms. The molecule has 0 bridgehead atoms. The Morgan fingerprint density at radius 3 is 2.67 bits per heavy atom. The summed E-state index contributed by atoms with van der Waals surface area (Å²) in [5.41, 5.74) is 1.01. The molecule has 3 aliphatic heterocycles. The van der Waals surface area contributed by atoms with Crippen LogP contribution < -0.4 is 4.78 Å². The quantitative estimate of drug-likeness (QED) is 0.744. The van der Waals surface area contributed by atoms with Gasteiger partial charge >= 0.3 is 7.12 Å². The summed E-state index contributed by atoms with van der Waals surface area (Å²) in [5.74, 6) is 0. The number of thiophene rings is 1. The van der Waals surface area contributed by atoms with Gasteiger partial charge in [0, 0.05) is 22.2 Å². The van der Waals surface area contributed by atoms with Crippen molar-refractivity contribution in [3.63, 3.8) is 0 Å². The van der Waals surface area contributed by atoms with Crippen LogP contribution in [0.25, 0.3) is 0 Å². The van der Waals surface area contributed by atoms with Crippen LogP contribution in [0.4, 0.5) is 0 Å². The van der Waals surface area contributed by atoms with Gasteiger partial charge in [0.25, 0.3) is 0 Å². The molecule has 0 N–H and O–H groups in total. The zero-order valence-electron chi connectivity index (χ0n) is 13.4. The van der Waals surface area contributed by atoms with Crippen LogP contribution in [-0.4, -0.2) is 35.8 Å². The lowest BCUT2D eigenvalue weighted by molar-refractivity contribution is 0.00578. The van der Waals surface area contributed by atoms with Crippen LogP contribution in [0.2, 0.25) is 0 Å². The fourth-order valence-corrected chi connectivity index (χ4v) is 4.85. The van der Waals surface area contributed by atoms with Gasteiger partial charge in [0.2, 0.25) is 0 Å². The molecule has 0 aromatic carbocycles. The SMILES string of the molecule is CC1(C)OB(c2cc3c(s2)C[C@@H]2CCCN2C3)OC1(C)C. The van der Waals surface area contributed by atoms with Crippen LogP contribution in [0.3, 0.4) is 0 Å². The fraction of sp³-hybridized carbons (Fsp3) is 0.750. The van der Waals surface area contributed by atoms with E-state index in [-0.39, 0.29) is 18.3 Å². The molecule has 1 aromatic rings. The first-order valence-electron chi connectivity index (χ1n) is 8.07. The highest BCUT2D eigenvalue weighted by molar-refractivity contribution is 7.22. The molecule has 0 aliphatic carbocycles. The van der Waals surface area contributed by atoms with E-state index in [1.54, 1.807) is 4.88 Å². The summed E-state index contributed by atoms with van der Waals surface area (Å²) in [6.07, 6.45) is 3.95.